The van der Waals surface area contributed by atoms with E-state index in [1.807, 2.05) is 13.0 Å². The van der Waals surface area contributed by atoms with E-state index in [9.17, 15) is 19.2 Å². The third-order valence-electron chi connectivity index (χ3n) is 6.32. The fraction of sp³-hybridized carbons (Fsp3) is 0.524. The summed E-state index contributed by atoms with van der Waals surface area (Å²) in [6.07, 6.45) is 4.78. The Balaban J connectivity index is 1.43. The number of amides is 5. The Kier molecular flexibility index (Phi) is 5.02. The third-order valence-corrected chi connectivity index (χ3v) is 6.32. The van der Waals surface area contributed by atoms with E-state index in [-0.39, 0.29) is 24.3 Å². The van der Waals surface area contributed by atoms with E-state index in [4.69, 9.17) is 0 Å². The van der Waals surface area contributed by atoms with Gasteiger partial charge in [-0.25, -0.2) is 4.79 Å². The summed E-state index contributed by atoms with van der Waals surface area (Å²) in [5.74, 6) is -0.629. The number of anilines is 2. The van der Waals surface area contributed by atoms with Crippen molar-refractivity contribution in [3.8, 4) is 0 Å². The highest BCUT2D eigenvalue weighted by Crippen LogP contribution is 2.38. The molecular formula is C21H26N4O4. The highest BCUT2D eigenvalue weighted by Gasteiger charge is 2.55. The summed E-state index contributed by atoms with van der Waals surface area (Å²) in [6, 6.07) is 6.54. The Morgan fingerprint density at radius 3 is 2.79 bits per heavy atom. The molecule has 2 heterocycles. The van der Waals surface area contributed by atoms with Crippen molar-refractivity contribution in [3.63, 3.8) is 0 Å². The van der Waals surface area contributed by atoms with Crippen LogP contribution in [0.15, 0.2) is 24.3 Å². The molecule has 8 nitrogen and oxygen atoms in total. The zero-order valence-electron chi connectivity index (χ0n) is 16.6. The van der Waals surface area contributed by atoms with E-state index in [0.717, 1.165) is 36.3 Å². The third kappa shape index (κ3) is 3.47. The van der Waals surface area contributed by atoms with Gasteiger partial charge in [0.1, 0.15) is 12.1 Å². The molecule has 2 saturated heterocycles. The normalized spacial score (nSPS) is 26.9. The van der Waals surface area contributed by atoms with Gasteiger partial charge in [0.2, 0.25) is 11.8 Å². The molecule has 2 unspecified atom stereocenters. The monoisotopic (exact) mass is 398 g/mol. The van der Waals surface area contributed by atoms with Gasteiger partial charge in [-0.1, -0.05) is 25.8 Å². The van der Waals surface area contributed by atoms with Crippen molar-refractivity contribution >= 4 is 35.1 Å². The van der Waals surface area contributed by atoms with Crippen molar-refractivity contribution in [2.45, 2.75) is 51.0 Å². The van der Waals surface area contributed by atoms with Crippen LogP contribution in [0.25, 0.3) is 0 Å². The minimum Gasteiger partial charge on any atom is -0.324 e. The van der Waals surface area contributed by atoms with E-state index in [0.29, 0.717) is 25.1 Å². The van der Waals surface area contributed by atoms with Crippen LogP contribution < -0.4 is 15.5 Å². The number of rotatable bonds is 4. The summed E-state index contributed by atoms with van der Waals surface area (Å²) >= 11 is 0. The second kappa shape index (κ2) is 7.50. The van der Waals surface area contributed by atoms with Crippen LogP contribution >= 0.6 is 0 Å². The highest BCUT2D eigenvalue weighted by atomic mass is 16.2. The van der Waals surface area contributed by atoms with E-state index < -0.39 is 17.5 Å². The van der Waals surface area contributed by atoms with Crippen molar-refractivity contribution in [2.24, 2.45) is 5.92 Å². The maximum absolute atomic E-state index is 13.0. The second-order valence-electron chi connectivity index (χ2n) is 8.19. The SMILES string of the molecule is CC1CCCCC12NC(=O)N(CC(=O)Nc1cccc(N3CCCC3=O)c1)C2=O. The number of nitrogens with one attached hydrogen (secondary N) is 2. The average Bonchev–Trinajstić information content (AvgIpc) is 3.22. The average molecular weight is 398 g/mol. The van der Waals surface area contributed by atoms with E-state index in [1.165, 1.54) is 0 Å². The fourth-order valence-corrected chi connectivity index (χ4v) is 4.66. The Labute approximate surface area is 169 Å². The molecule has 0 aromatic heterocycles. The van der Waals surface area contributed by atoms with Gasteiger partial charge in [-0.3, -0.25) is 19.3 Å². The molecule has 1 aromatic rings. The summed E-state index contributed by atoms with van der Waals surface area (Å²) in [5.41, 5.74) is 0.390. The topological polar surface area (TPSA) is 98.8 Å². The lowest BCUT2D eigenvalue weighted by Crippen LogP contribution is -2.54. The lowest BCUT2D eigenvalue weighted by Gasteiger charge is -2.36. The van der Waals surface area contributed by atoms with Gasteiger partial charge in [0.25, 0.3) is 5.91 Å². The van der Waals surface area contributed by atoms with Crippen molar-refractivity contribution in [3.05, 3.63) is 24.3 Å². The molecule has 2 N–H and O–H groups in total. The van der Waals surface area contributed by atoms with Crippen LogP contribution in [0, 0.1) is 5.92 Å². The van der Waals surface area contributed by atoms with Crippen molar-refractivity contribution in [1.29, 1.82) is 0 Å². The lowest BCUT2D eigenvalue weighted by molar-refractivity contribution is -0.136. The van der Waals surface area contributed by atoms with Crippen LogP contribution in [0.4, 0.5) is 16.2 Å². The largest absolute Gasteiger partial charge is 0.325 e. The Morgan fingerprint density at radius 2 is 2.07 bits per heavy atom. The molecule has 2 aliphatic heterocycles. The predicted octanol–water partition coefficient (Wildman–Crippen LogP) is 2.25. The van der Waals surface area contributed by atoms with Gasteiger partial charge in [0.15, 0.2) is 0 Å². The first-order valence-corrected chi connectivity index (χ1v) is 10.2. The van der Waals surface area contributed by atoms with Crippen LogP contribution in [0.1, 0.15) is 45.4 Å². The number of imide groups is 1. The molecule has 5 amide bonds. The molecule has 29 heavy (non-hydrogen) atoms. The Hall–Kier alpha value is -2.90. The van der Waals surface area contributed by atoms with Crippen molar-refractivity contribution < 1.29 is 19.2 Å². The standard InChI is InChI=1S/C21H26N4O4/c1-14-6-2-3-10-21(14)19(28)25(20(29)23-21)13-17(26)22-15-7-4-8-16(12-15)24-11-5-9-18(24)27/h4,7-8,12,14H,2-3,5-6,9-11,13H2,1H3,(H,22,26)(H,23,29). The Morgan fingerprint density at radius 1 is 1.24 bits per heavy atom. The molecule has 2 atom stereocenters. The van der Waals surface area contributed by atoms with Gasteiger partial charge < -0.3 is 15.5 Å². The summed E-state index contributed by atoms with van der Waals surface area (Å²) in [4.78, 5) is 52.6. The van der Waals surface area contributed by atoms with Crippen LogP contribution in [-0.2, 0) is 14.4 Å². The molecule has 154 valence electrons. The quantitative estimate of drug-likeness (QED) is 0.760. The zero-order valence-corrected chi connectivity index (χ0v) is 16.6. The predicted molar refractivity (Wildman–Crippen MR) is 107 cm³/mol. The highest BCUT2D eigenvalue weighted by molar-refractivity contribution is 6.10. The summed E-state index contributed by atoms with van der Waals surface area (Å²) in [7, 11) is 0. The maximum Gasteiger partial charge on any atom is 0.325 e. The first-order chi connectivity index (χ1) is 13.9. The number of urea groups is 1. The molecule has 3 fully saturated rings. The maximum atomic E-state index is 13.0. The molecule has 1 aliphatic carbocycles. The number of carbonyl (C=O) groups excluding carboxylic acids is 4. The minimum absolute atomic E-state index is 0.0513. The minimum atomic E-state index is -0.869. The van der Waals surface area contributed by atoms with Gasteiger partial charge in [0, 0.05) is 24.3 Å². The molecule has 1 spiro atoms. The van der Waals surface area contributed by atoms with Crippen molar-refractivity contribution in [2.75, 3.05) is 23.3 Å². The van der Waals surface area contributed by atoms with Gasteiger partial charge >= 0.3 is 6.03 Å². The van der Waals surface area contributed by atoms with Crippen molar-refractivity contribution in [1.82, 2.24) is 10.2 Å². The number of nitrogens with zero attached hydrogens (tertiary/aromatic N) is 2. The molecule has 1 aromatic carbocycles. The molecule has 0 radical (unpaired) electrons. The van der Waals surface area contributed by atoms with E-state index in [2.05, 4.69) is 10.6 Å². The van der Waals surface area contributed by atoms with E-state index in [1.54, 1.807) is 23.1 Å². The molecule has 8 heteroatoms. The molecule has 4 rings (SSSR count). The van der Waals surface area contributed by atoms with Gasteiger partial charge in [-0.2, -0.15) is 0 Å². The summed E-state index contributed by atoms with van der Waals surface area (Å²) in [5, 5.41) is 5.59. The van der Waals surface area contributed by atoms with Crippen LogP contribution in [-0.4, -0.2) is 47.3 Å². The molecule has 1 saturated carbocycles. The first-order valence-electron chi connectivity index (χ1n) is 10.2. The zero-order chi connectivity index (χ0) is 20.6. The first kappa shape index (κ1) is 19.4. The summed E-state index contributed by atoms with van der Waals surface area (Å²) < 4.78 is 0. The number of hydrogen-bond acceptors (Lipinski definition) is 4. The lowest BCUT2D eigenvalue weighted by atomic mass is 9.73. The Bertz CT molecular complexity index is 870. The number of carbonyl (C=O) groups is 4. The van der Waals surface area contributed by atoms with Crippen LogP contribution in [0.5, 0.6) is 0 Å². The van der Waals surface area contributed by atoms with Crippen LogP contribution in [0.2, 0.25) is 0 Å². The number of benzene rings is 1. The molecule has 3 aliphatic rings. The molecular weight excluding hydrogens is 372 g/mol. The van der Waals surface area contributed by atoms with Crippen LogP contribution in [0.3, 0.4) is 0 Å². The molecule has 0 bridgehead atoms. The van der Waals surface area contributed by atoms with Gasteiger partial charge in [0.05, 0.1) is 0 Å². The fourth-order valence-electron chi connectivity index (χ4n) is 4.66. The second-order valence-corrected chi connectivity index (χ2v) is 8.19. The summed E-state index contributed by atoms with van der Waals surface area (Å²) in [6.45, 7) is 2.32. The van der Waals surface area contributed by atoms with E-state index >= 15 is 0 Å². The van der Waals surface area contributed by atoms with Gasteiger partial charge in [-0.15, -0.1) is 0 Å². The smallest absolute Gasteiger partial charge is 0.324 e. The number of hydrogen-bond donors (Lipinski definition) is 2. The van der Waals surface area contributed by atoms with Gasteiger partial charge in [-0.05, 0) is 43.4 Å².